The largest absolute Gasteiger partial charge is 0.311 e. The molecule has 0 aliphatic rings. The van der Waals surface area contributed by atoms with Crippen LogP contribution < -0.4 is 10.9 Å². The third-order valence-electron chi connectivity index (χ3n) is 5.19. The number of rotatable bonds is 3. The number of aryl methyl sites for hydroxylation is 4. The van der Waals surface area contributed by atoms with Crippen LogP contribution in [0.15, 0.2) is 59.7 Å². The first-order valence-electron chi connectivity index (χ1n) is 9.65. The van der Waals surface area contributed by atoms with Gasteiger partial charge in [-0.05, 0) is 67.8 Å². The van der Waals surface area contributed by atoms with E-state index in [1.54, 1.807) is 42.2 Å². The van der Waals surface area contributed by atoms with Gasteiger partial charge in [0.25, 0.3) is 11.5 Å². The third kappa shape index (κ3) is 3.59. The summed E-state index contributed by atoms with van der Waals surface area (Å²) >= 11 is 0. The van der Waals surface area contributed by atoms with Crippen LogP contribution in [-0.4, -0.2) is 20.4 Å². The number of hydrogen-bond acceptors (Lipinski definition) is 4. The van der Waals surface area contributed by atoms with E-state index in [1.165, 1.54) is 0 Å². The van der Waals surface area contributed by atoms with Crippen molar-refractivity contribution in [2.45, 2.75) is 20.8 Å². The standard InChI is InChI=1S/C24H22N4O2/c1-14-5-8-22(26-12-14)27-23(29)17-7-6-15(2)19(10-17)20-11-18-13-25-16(3)9-21(18)28(4)24(20)30/h5-13H,1-4H3,(H,26,27,29). The van der Waals surface area contributed by atoms with Gasteiger partial charge in [0.05, 0.1) is 5.52 Å². The number of carbonyl (C=O) groups excluding carboxylic acids is 1. The molecule has 0 unspecified atom stereocenters. The highest BCUT2D eigenvalue weighted by Gasteiger charge is 2.15. The number of hydrogen-bond donors (Lipinski definition) is 1. The Kier molecular flexibility index (Phi) is 4.91. The minimum atomic E-state index is -0.275. The summed E-state index contributed by atoms with van der Waals surface area (Å²) in [6.45, 7) is 5.76. The summed E-state index contributed by atoms with van der Waals surface area (Å²) in [5.41, 5.74) is 5.21. The van der Waals surface area contributed by atoms with E-state index in [2.05, 4.69) is 15.3 Å². The van der Waals surface area contributed by atoms with Crippen LogP contribution in [0.1, 0.15) is 27.2 Å². The predicted octanol–water partition coefficient (Wildman–Crippen LogP) is 4.17. The quantitative estimate of drug-likeness (QED) is 0.562. The smallest absolute Gasteiger partial charge is 0.258 e. The number of nitrogens with zero attached hydrogens (tertiary/aromatic N) is 3. The van der Waals surface area contributed by atoms with Gasteiger partial charge in [-0.15, -0.1) is 0 Å². The maximum absolute atomic E-state index is 13.1. The number of amides is 1. The number of benzene rings is 1. The highest BCUT2D eigenvalue weighted by atomic mass is 16.1. The fourth-order valence-electron chi connectivity index (χ4n) is 3.44. The van der Waals surface area contributed by atoms with Crippen LogP contribution in [0.25, 0.3) is 22.0 Å². The van der Waals surface area contributed by atoms with E-state index < -0.39 is 0 Å². The number of fused-ring (bicyclic) bond motifs is 1. The van der Waals surface area contributed by atoms with Gasteiger partial charge in [0.15, 0.2) is 0 Å². The Morgan fingerprint density at radius 3 is 2.47 bits per heavy atom. The van der Waals surface area contributed by atoms with Crippen molar-refractivity contribution in [2.24, 2.45) is 7.05 Å². The van der Waals surface area contributed by atoms with Crippen molar-refractivity contribution < 1.29 is 4.79 Å². The van der Waals surface area contributed by atoms with Crippen LogP contribution in [0.5, 0.6) is 0 Å². The molecule has 6 heteroatoms. The van der Waals surface area contributed by atoms with Crippen molar-refractivity contribution in [1.29, 1.82) is 0 Å². The lowest BCUT2D eigenvalue weighted by atomic mass is 9.97. The Morgan fingerprint density at radius 2 is 1.73 bits per heavy atom. The van der Waals surface area contributed by atoms with Crippen molar-refractivity contribution >= 4 is 22.6 Å². The van der Waals surface area contributed by atoms with E-state index in [1.807, 2.05) is 45.0 Å². The average Bonchev–Trinajstić information content (AvgIpc) is 2.73. The van der Waals surface area contributed by atoms with Gasteiger partial charge in [0.2, 0.25) is 0 Å². The van der Waals surface area contributed by atoms with Crippen LogP contribution >= 0.6 is 0 Å². The highest BCUT2D eigenvalue weighted by molar-refractivity contribution is 6.04. The van der Waals surface area contributed by atoms with Crippen LogP contribution in [0, 0.1) is 20.8 Å². The molecule has 1 N–H and O–H groups in total. The second kappa shape index (κ2) is 7.55. The molecule has 30 heavy (non-hydrogen) atoms. The summed E-state index contributed by atoms with van der Waals surface area (Å²) in [5.74, 6) is 0.207. The van der Waals surface area contributed by atoms with Gasteiger partial charge in [0.1, 0.15) is 5.82 Å². The van der Waals surface area contributed by atoms with E-state index in [-0.39, 0.29) is 11.5 Å². The lowest BCUT2D eigenvalue weighted by Crippen LogP contribution is -2.20. The van der Waals surface area contributed by atoms with E-state index >= 15 is 0 Å². The van der Waals surface area contributed by atoms with E-state index in [9.17, 15) is 9.59 Å². The Balaban J connectivity index is 1.78. The summed E-state index contributed by atoms with van der Waals surface area (Å²) in [5, 5.41) is 3.67. The zero-order valence-corrected chi connectivity index (χ0v) is 17.4. The number of anilines is 1. The summed E-state index contributed by atoms with van der Waals surface area (Å²) in [6, 6.07) is 12.7. The first-order chi connectivity index (χ1) is 14.3. The normalized spacial score (nSPS) is 10.9. The van der Waals surface area contributed by atoms with Crippen LogP contribution in [-0.2, 0) is 7.05 Å². The molecule has 0 saturated carbocycles. The summed E-state index contributed by atoms with van der Waals surface area (Å²) in [6.07, 6.45) is 3.47. The Labute approximate surface area is 174 Å². The molecule has 0 aliphatic heterocycles. The second-order valence-corrected chi connectivity index (χ2v) is 7.51. The predicted molar refractivity (Wildman–Crippen MR) is 119 cm³/mol. The number of carbonyl (C=O) groups is 1. The van der Waals surface area contributed by atoms with E-state index in [4.69, 9.17) is 0 Å². The van der Waals surface area contributed by atoms with E-state index in [0.29, 0.717) is 16.9 Å². The Morgan fingerprint density at radius 1 is 0.933 bits per heavy atom. The molecule has 3 heterocycles. The molecule has 6 nitrogen and oxygen atoms in total. The SMILES string of the molecule is Cc1ccc(NC(=O)c2ccc(C)c(-c3cc4cnc(C)cc4n(C)c3=O)c2)nc1. The molecule has 3 aromatic heterocycles. The van der Waals surface area contributed by atoms with Crippen LogP contribution in [0.3, 0.4) is 0 Å². The zero-order valence-electron chi connectivity index (χ0n) is 17.4. The van der Waals surface area contributed by atoms with Crippen molar-refractivity contribution in [3.63, 3.8) is 0 Å². The molecule has 0 fully saturated rings. The highest BCUT2D eigenvalue weighted by Crippen LogP contribution is 2.25. The van der Waals surface area contributed by atoms with Crippen LogP contribution in [0.4, 0.5) is 5.82 Å². The van der Waals surface area contributed by atoms with Gasteiger partial charge in [-0.1, -0.05) is 12.1 Å². The topological polar surface area (TPSA) is 76.9 Å². The second-order valence-electron chi connectivity index (χ2n) is 7.51. The summed E-state index contributed by atoms with van der Waals surface area (Å²) in [7, 11) is 1.75. The maximum atomic E-state index is 13.1. The minimum Gasteiger partial charge on any atom is -0.311 e. The first kappa shape index (κ1) is 19.5. The molecule has 4 aromatic rings. The molecule has 0 spiro atoms. The number of nitrogens with one attached hydrogen (secondary N) is 1. The molecule has 1 aromatic carbocycles. The maximum Gasteiger partial charge on any atom is 0.258 e. The van der Waals surface area contributed by atoms with Crippen LogP contribution in [0.2, 0.25) is 0 Å². The molecule has 0 bridgehead atoms. The van der Waals surface area contributed by atoms with Gasteiger partial charge < -0.3 is 9.88 Å². The monoisotopic (exact) mass is 398 g/mol. The number of pyridine rings is 3. The minimum absolute atomic E-state index is 0.117. The molecule has 0 saturated heterocycles. The summed E-state index contributed by atoms with van der Waals surface area (Å²) < 4.78 is 1.63. The van der Waals surface area contributed by atoms with Crippen molar-refractivity contribution in [3.8, 4) is 11.1 Å². The Bertz CT molecular complexity index is 1340. The molecule has 150 valence electrons. The van der Waals surface area contributed by atoms with Gasteiger partial charge in [-0.3, -0.25) is 14.6 Å². The molecular formula is C24H22N4O2. The summed E-state index contributed by atoms with van der Waals surface area (Å²) in [4.78, 5) is 34.4. The number of aromatic nitrogens is 3. The molecule has 4 rings (SSSR count). The first-order valence-corrected chi connectivity index (χ1v) is 9.65. The molecular weight excluding hydrogens is 376 g/mol. The Hall–Kier alpha value is -3.80. The molecule has 1 amide bonds. The van der Waals surface area contributed by atoms with Gasteiger partial charge in [0, 0.05) is 41.6 Å². The van der Waals surface area contributed by atoms with Gasteiger partial charge in [-0.2, -0.15) is 0 Å². The van der Waals surface area contributed by atoms with E-state index in [0.717, 1.165) is 33.3 Å². The molecule has 0 radical (unpaired) electrons. The van der Waals surface area contributed by atoms with Gasteiger partial charge in [-0.25, -0.2) is 4.98 Å². The fourth-order valence-corrected chi connectivity index (χ4v) is 3.44. The third-order valence-corrected chi connectivity index (χ3v) is 5.19. The molecule has 0 atom stereocenters. The zero-order chi connectivity index (χ0) is 21.4. The van der Waals surface area contributed by atoms with Gasteiger partial charge >= 0.3 is 0 Å². The lowest BCUT2D eigenvalue weighted by Gasteiger charge is -2.13. The lowest BCUT2D eigenvalue weighted by molar-refractivity contribution is 0.102. The fraction of sp³-hybridized carbons (Fsp3) is 0.167. The van der Waals surface area contributed by atoms with Crippen molar-refractivity contribution in [2.75, 3.05) is 5.32 Å². The average molecular weight is 398 g/mol. The van der Waals surface area contributed by atoms with Crippen molar-refractivity contribution in [1.82, 2.24) is 14.5 Å². The molecule has 0 aliphatic carbocycles. The van der Waals surface area contributed by atoms with Crippen molar-refractivity contribution in [3.05, 3.63) is 87.6 Å².